The van der Waals surface area contributed by atoms with E-state index in [1.54, 1.807) is 0 Å². The van der Waals surface area contributed by atoms with E-state index in [4.69, 9.17) is 4.74 Å². The van der Waals surface area contributed by atoms with Crippen LogP contribution in [0.4, 0.5) is 0 Å². The van der Waals surface area contributed by atoms with Crippen LogP contribution < -0.4 is 4.74 Å². The molecule has 34 heavy (non-hydrogen) atoms. The number of hydrogen-bond acceptors (Lipinski definition) is 4. The number of rotatable bonds is 8. The minimum absolute atomic E-state index is 0.237. The van der Waals surface area contributed by atoms with E-state index in [1.807, 2.05) is 31.2 Å². The Kier molecular flexibility index (Phi) is 7.51. The van der Waals surface area contributed by atoms with Crippen molar-refractivity contribution in [2.45, 2.75) is 51.9 Å². The van der Waals surface area contributed by atoms with Crippen molar-refractivity contribution in [2.24, 2.45) is 5.92 Å². The summed E-state index contributed by atoms with van der Waals surface area (Å²) in [5.74, 6) is 1.60. The molecule has 3 heterocycles. The second-order valence-corrected chi connectivity index (χ2v) is 10.2. The Bertz CT molecular complexity index is 1110. The van der Waals surface area contributed by atoms with E-state index in [1.165, 1.54) is 51.9 Å². The lowest BCUT2D eigenvalue weighted by atomic mass is 9.91. The van der Waals surface area contributed by atoms with E-state index < -0.39 is 0 Å². The van der Waals surface area contributed by atoms with Gasteiger partial charge in [0.15, 0.2) is 5.78 Å². The lowest BCUT2D eigenvalue weighted by Gasteiger charge is -2.33. The Balaban J connectivity index is 1.19. The average molecular weight is 462 g/mol. The van der Waals surface area contributed by atoms with Crippen LogP contribution >= 0.6 is 0 Å². The first-order chi connectivity index (χ1) is 16.7. The summed E-state index contributed by atoms with van der Waals surface area (Å²) in [6.45, 7) is 9.81. The number of carbonyl (C=O) groups excluding carboxylic acids is 1. The first-order valence-electron chi connectivity index (χ1n) is 13.4. The molecule has 0 atom stereocenters. The van der Waals surface area contributed by atoms with Crippen molar-refractivity contribution in [3.63, 3.8) is 0 Å². The fourth-order valence-corrected chi connectivity index (χ4v) is 5.80. The molecule has 2 aliphatic rings. The molecule has 3 aromatic rings. The van der Waals surface area contributed by atoms with E-state index in [0.717, 1.165) is 59.0 Å². The first kappa shape index (κ1) is 23.4. The zero-order valence-corrected chi connectivity index (χ0v) is 20.7. The van der Waals surface area contributed by atoms with Crippen LogP contribution in [0.1, 0.15) is 62.4 Å². The molecular formula is C29H39N3O2. The van der Waals surface area contributed by atoms with Gasteiger partial charge in [-0.2, -0.15) is 0 Å². The van der Waals surface area contributed by atoms with Crippen LogP contribution in [0.2, 0.25) is 0 Å². The molecule has 0 radical (unpaired) electrons. The van der Waals surface area contributed by atoms with Crippen LogP contribution in [0, 0.1) is 5.92 Å². The molecule has 1 aromatic heterocycles. The third-order valence-electron chi connectivity index (χ3n) is 7.82. The number of hydrogen-bond donors (Lipinski definition) is 1. The number of piperidine rings is 1. The number of ether oxygens (including phenoxy) is 1. The Morgan fingerprint density at radius 1 is 0.912 bits per heavy atom. The van der Waals surface area contributed by atoms with Crippen molar-refractivity contribution in [1.82, 2.24) is 14.8 Å². The number of fused-ring (bicyclic) bond motifs is 3. The normalized spacial score (nSPS) is 19.0. The third-order valence-corrected chi connectivity index (χ3v) is 7.82. The molecule has 182 valence electrons. The van der Waals surface area contributed by atoms with Gasteiger partial charge in [-0.1, -0.05) is 37.1 Å². The van der Waals surface area contributed by atoms with Crippen molar-refractivity contribution < 1.29 is 9.53 Å². The predicted molar refractivity (Wildman–Crippen MR) is 140 cm³/mol. The monoisotopic (exact) mass is 461 g/mol. The Morgan fingerprint density at radius 2 is 1.59 bits per heavy atom. The molecule has 2 saturated heterocycles. The van der Waals surface area contributed by atoms with Gasteiger partial charge >= 0.3 is 0 Å². The summed E-state index contributed by atoms with van der Waals surface area (Å²) in [5.41, 5.74) is 1.71. The number of benzene rings is 2. The number of aromatic nitrogens is 1. The van der Waals surface area contributed by atoms with Gasteiger partial charge in [-0.05, 0) is 76.2 Å². The fraction of sp³-hybridized carbons (Fsp3) is 0.552. The Morgan fingerprint density at radius 3 is 2.29 bits per heavy atom. The van der Waals surface area contributed by atoms with Gasteiger partial charge < -0.3 is 19.5 Å². The second-order valence-electron chi connectivity index (χ2n) is 10.2. The van der Waals surface area contributed by atoms with Gasteiger partial charge in [0.2, 0.25) is 0 Å². The molecule has 0 saturated carbocycles. The van der Waals surface area contributed by atoms with Gasteiger partial charge in [-0.15, -0.1) is 0 Å². The number of Topliss-reactive ketones (excluding diaryl/α,β-unsaturated/α-hetero) is 1. The summed E-state index contributed by atoms with van der Waals surface area (Å²) in [4.78, 5) is 21.9. The second kappa shape index (κ2) is 10.9. The molecule has 0 spiro atoms. The average Bonchev–Trinajstić information content (AvgIpc) is 3.12. The zero-order chi connectivity index (χ0) is 23.3. The third kappa shape index (κ3) is 5.31. The van der Waals surface area contributed by atoms with Crippen LogP contribution in [-0.2, 0) is 0 Å². The molecule has 2 aromatic carbocycles. The Hall–Kier alpha value is -2.37. The number of carbonyl (C=O) groups is 1. The molecule has 5 heteroatoms. The summed E-state index contributed by atoms with van der Waals surface area (Å²) >= 11 is 0. The van der Waals surface area contributed by atoms with E-state index in [2.05, 4.69) is 26.9 Å². The van der Waals surface area contributed by atoms with Crippen molar-refractivity contribution in [1.29, 1.82) is 0 Å². The van der Waals surface area contributed by atoms with Crippen molar-refractivity contribution in [3.05, 3.63) is 42.1 Å². The van der Waals surface area contributed by atoms with Crippen LogP contribution in [0.15, 0.2) is 36.4 Å². The van der Waals surface area contributed by atoms with E-state index in [-0.39, 0.29) is 5.78 Å². The van der Waals surface area contributed by atoms with E-state index in [0.29, 0.717) is 18.9 Å². The molecule has 5 nitrogen and oxygen atoms in total. The highest BCUT2D eigenvalue weighted by Gasteiger charge is 2.23. The maximum absolute atomic E-state index is 13.2. The predicted octanol–water partition coefficient (Wildman–Crippen LogP) is 5.88. The molecule has 2 aliphatic heterocycles. The fourth-order valence-electron chi connectivity index (χ4n) is 5.80. The summed E-state index contributed by atoms with van der Waals surface area (Å²) < 4.78 is 5.88. The summed E-state index contributed by atoms with van der Waals surface area (Å²) in [6, 6.07) is 12.4. The number of nitrogens with one attached hydrogen (secondary N) is 1. The molecule has 0 bridgehead atoms. The molecule has 5 rings (SSSR count). The largest absolute Gasteiger partial charge is 0.493 e. The molecular weight excluding hydrogens is 422 g/mol. The summed E-state index contributed by atoms with van der Waals surface area (Å²) in [7, 11) is 0. The van der Waals surface area contributed by atoms with Crippen molar-refractivity contribution in [2.75, 3.05) is 45.9 Å². The molecule has 0 aliphatic carbocycles. The lowest BCUT2D eigenvalue weighted by molar-refractivity contribution is 0.0918. The van der Waals surface area contributed by atoms with Gasteiger partial charge in [-0.3, -0.25) is 4.79 Å². The topological polar surface area (TPSA) is 48.6 Å². The quantitative estimate of drug-likeness (QED) is 0.426. The van der Waals surface area contributed by atoms with E-state index in [9.17, 15) is 4.79 Å². The van der Waals surface area contributed by atoms with Gasteiger partial charge in [-0.25, -0.2) is 0 Å². The maximum atomic E-state index is 13.2. The number of nitrogens with zero attached hydrogens (tertiary/aromatic N) is 2. The molecule has 0 amide bonds. The number of likely N-dealkylation sites (tertiary alicyclic amines) is 2. The lowest BCUT2D eigenvalue weighted by Crippen LogP contribution is -2.40. The first-order valence-corrected chi connectivity index (χ1v) is 13.4. The molecule has 1 N–H and O–H groups in total. The minimum Gasteiger partial charge on any atom is -0.493 e. The van der Waals surface area contributed by atoms with E-state index >= 15 is 0 Å². The van der Waals surface area contributed by atoms with Crippen LogP contribution in [-0.4, -0.2) is 66.4 Å². The number of ketones is 1. The molecule has 0 unspecified atom stereocenters. The van der Waals surface area contributed by atoms with Crippen molar-refractivity contribution in [3.8, 4) is 5.75 Å². The summed E-state index contributed by atoms with van der Waals surface area (Å²) in [5, 5.41) is 3.34. The molecule has 2 fully saturated rings. The summed E-state index contributed by atoms with van der Waals surface area (Å²) in [6.07, 6.45) is 8.42. The van der Waals surface area contributed by atoms with Gasteiger partial charge in [0.25, 0.3) is 0 Å². The minimum atomic E-state index is 0.237. The van der Waals surface area contributed by atoms with Gasteiger partial charge in [0.1, 0.15) is 5.75 Å². The Labute approximate surface area is 203 Å². The standard InChI is InChI=1S/C29H39N3O2/c1-2-34-29-21-26-25(23-9-5-6-10-24(23)29)20-27(30-26)28(33)19-22-11-15-32(16-12-22)18-17-31-13-7-3-4-8-14-31/h5-6,9-10,20-22,30H,2-4,7-8,11-19H2,1H3. The van der Waals surface area contributed by atoms with Crippen molar-refractivity contribution >= 4 is 27.5 Å². The highest BCUT2D eigenvalue weighted by atomic mass is 16.5. The van der Waals surface area contributed by atoms with Gasteiger partial charge in [0, 0.05) is 36.3 Å². The number of aromatic amines is 1. The highest BCUT2D eigenvalue weighted by Crippen LogP contribution is 2.34. The van der Waals surface area contributed by atoms with Gasteiger partial charge in [0.05, 0.1) is 17.8 Å². The zero-order valence-electron chi connectivity index (χ0n) is 20.7. The SMILES string of the molecule is CCOc1cc2[nH]c(C(=O)CC3CCN(CCN4CCCCCC4)CC3)cc2c2ccccc12. The van der Waals surface area contributed by atoms with Crippen LogP contribution in [0.3, 0.4) is 0 Å². The maximum Gasteiger partial charge on any atom is 0.179 e. The van der Waals surface area contributed by atoms with Crippen LogP contribution in [0.25, 0.3) is 21.7 Å². The smallest absolute Gasteiger partial charge is 0.179 e. The highest BCUT2D eigenvalue weighted by molar-refractivity contribution is 6.12. The van der Waals surface area contributed by atoms with Crippen LogP contribution in [0.5, 0.6) is 5.75 Å². The number of H-pyrrole nitrogens is 1.